The van der Waals surface area contributed by atoms with E-state index in [0.717, 1.165) is 50.3 Å². The molecule has 0 saturated heterocycles. The van der Waals surface area contributed by atoms with E-state index in [1.165, 1.54) is 0 Å². The maximum atomic E-state index is 9.90. The van der Waals surface area contributed by atoms with E-state index >= 15 is 0 Å². The Labute approximate surface area is 174 Å². The molecule has 0 amide bonds. The van der Waals surface area contributed by atoms with Crippen LogP contribution in [0.2, 0.25) is 0 Å². The number of aliphatic hydroxyl groups is 1. The van der Waals surface area contributed by atoms with E-state index in [2.05, 4.69) is 22.5 Å². The second-order valence-corrected chi connectivity index (χ2v) is 5.81. The molecule has 0 aliphatic rings. The van der Waals surface area contributed by atoms with Crippen molar-refractivity contribution in [3.05, 3.63) is 29.8 Å². The summed E-state index contributed by atoms with van der Waals surface area (Å²) in [6.07, 6.45) is 2.29. The van der Waals surface area contributed by atoms with Crippen LogP contribution in [0.4, 0.5) is 0 Å². The van der Waals surface area contributed by atoms with Gasteiger partial charge in [-0.3, -0.25) is 0 Å². The molecule has 150 valence electrons. The van der Waals surface area contributed by atoms with Gasteiger partial charge >= 0.3 is 0 Å². The van der Waals surface area contributed by atoms with E-state index in [0.29, 0.717) is 19.0 Å². The van der Waals surface area contributed by atoms with Gasteiger partial charge in [0.15, 0.2) is 5.96 Å². The lowest BCUT2D eigenvalue weighted by Crippen LogP contribution is -2.41. The van der Waals surface area contributed by atoms with E-state index in [4.69, 9.17) is 9.47 Å². The van der Waals surface area contributed by atoms with Crippen molar-refractivity contribution in [2.24, 2.45) is 4.99 Å². The largest absolute Gasteiger partial charge is 0.497 e. The molecule has 1 rings (SSSR count). The van der Waals surface area contributed by atoms with Crippen LogP contribution in [-0.2, 0) is 11.3 Å². The first-order valence-electron chi connectivity index (χ1n) is 9.10. The summed E-state index contributed by atoms with van der Waals surface area (Å²) >= 11 is 0. The average Bonchev–Trinajstić information content (AvgIpc) is 2.63. The minimum Gasteiger partial charge on any atom is -0.497 e. The van der Waals surface area contributed by atoms with Crippen molar-refractivity contribution in [2.45, 2.75) is 45.8 Å². The molecule has 0 saturated carbocycles. The quantitative estimate of drug-likeness (QED) is 0.186. The first-order valence-corrected chi connectivity index (χ1v) is 9.10. The predicted molar refractivity (Wildman–Crippen MR) is 118 cm³/mol. The molecule has 0 radical (unpaired) electrons. The molecule has 3 N–H and O–H groups in total. The maximum Gasteiger partial charge on any atom is 0.191 e. The molecule has 26 heavy (non-hydrogen) atoms. The number of ether oxygens (including phenoxy) is 2. The fourth-order valence-corrected chi connectivity index (χ4v) is 2.25. The first-order chi connectivity index (χ1) is 12.2. The minimum atomic E-state index is -0.360. The van der Waals surface area contributed by atoms with Gasteiger partial charge in [0, 0.05) is 26.3 Å². The summed E-state index contributed by atoms with van der Waals surface area (Å²) in [5.41, 5.74) is 1.10. The molecule has 0 fully saturated rings. The summed E-state index contributed by atoms with van der Waals surface area (Å²) < 4.78 is 10.5. The van der Waals surface area contributed by atoms with E-state index in [1.807, 2.05) is 31.2 Å². The van der Waals surface area contributed by atoms with Crippen LogP contribution in [0.5, 0.6) is 5.75 Å². The summed E-state index contributed by atoms with van der Waals surface area (Å²) in [5, 5.41) is 16.4. The lowest BCUT2D eigenvalue weighted by molar-refractivity contribution is 0.145. The van der Waals surface area contributed by atoms with Gasteiger partial charge in [-0.25, -0.2) is 4.99 Å². The van der Waals surface area contributed by atoms with Gasteiger partial charge in [0.1, 0.15) is 5.75 Å². The van der Waals surface area contributed by atoms with E-state index < -0.39 is 0 Å². The number of methoxy groups -OCH3 is 1. The molecule has 1 aromatic carbocycles. The van der Waals surface area contributed by atoms with Crippen LogP contribution in [0, 0.1) is 0 Å². The molecule has 0 aliphatic heterocycles. The monoisotopic (exact) mass is 479 g/mol. The van der Waals surface area contributed by atoms with Crippen molar-refractivity contribution in [3.63, 3.8) is 0 Å². The Morgan fingerprint density at radius 2 is 1.92 bits per heavy atom. The van der Waals surface area contributed by atoms with Crippen molar-refractivity contribution < 1.29 is 14.6 Å². The molecular weight excluding hydrogens is 445 g/mol. The lowest BCUT2D eigenvalue weighted by atomic mass is 10.2. The zero-order chi connectivity index (χ0) is 18.3. The molecule has 6 nitrogen and oxygen atoms in total. The molecule has 0 spiro atoms. The molecule has 0 aliphatic carbocycles. The average molecular weight is 479 g/mol. The third kappa shape index (κ3) is 11.5. The first kappa shape index (κ1) is 24.9. The van der Waals surface area contributed by atoms with Crippen LogP contribution in [0.1, 0.15) is 38.7 Å². The predicted octanol–water partition coefficient (Wildman–Crippen LogP) is 2.94. The Morgan fingerprint density at radius 3 is 2.54 bits per heavy atom. The van der Waals surface area contributed by atoms with Gasteiger partial charge in [0.2, 0.25) is 0 Å². The SMILES string of the molecule is CCCC(O)CNC(=NCc1ccc(OC)cc1)NCCCOCC.I. The van der Waals surface area contributed by atoms with Crippen LogP contribution in [0.3, 0.4) is 0 Å². The molecule has 0 bridgehead atoms. The summed E-state index contributed by atoms with van der Waals surface area (Å²) in [6, 6.07) is 7.86. The molecule has 1 unspecified atom stereocenters. The van der Waals surface area contributed by atoms with Gasteiger partial charge < -0.3 is 25.2 Å². The molecule has 7 heteroatoms. The molecule has 1 aromatic rings. The van der Waals surface area contributed by atoms with Gasteiger partial charge in [-0.1, -0.05) is 25.5 Å². The van der Waals surface area contributed by atoms with Gasteiger partial charge in [0.05, 0.1) is 19.8 Å². The zero-order valence-electron chi connectivity index (χ0n) is 16.2. The number of halogens is 1. The van der Waals surface area contributed by atoms with Gasteiger partial charge in [-0.15, -0.1) is 24.0 Å². The highest BCUT2D eigenvalue weighted by Crippen LogP contribution is 2.11. The fourth-order valence-electron chi connectivity index (χ4n) is 2.25. The summed E-state index contributed by atoms with van der Waals surface area (Å²) in [5.74, 6) is 1.55. The highest BCUT2D eigenvalue weighted by molar-refractivity contribution is 14.0. The Balaban J connectivity index is 0.00000625. The van der Waals surface area contributed by atoms with Crippen LogP contribution >= 0.6 is 24.0 Å². The molecule has 1 atom stereocenters. The molecule has 0 aromatic heterocycles. The number of benzene rings is 1. The highest BCUT2D eigenvalue weighted by atomic mass is 127. The Bertz CT molecular complexity index is 483. The number of rotatable bonds is 12. The van der Waals surface area contributed by atoms with Gasteiger partial charge in [-0.2, -0.15) is 0 Å². The number of aliphatic hydroxyl groups excluding tert-OH is 1. The molecule has 0 heterocycles. The second-order valence-electron chi connectivity index (χ2n) is 5.81. The van der Waals surface area contributed by atoms with E-state index in [9.17, 15) is 5.11 Å². The summed E-state index contributed by atoms with van der Waals surface area (Å²) in [7, 11) is 1.66. The van der Waals surface area contributed by atoms with Crippen LogP contribution < -0.4 is 15.4 Å². The van der Waals surface area contributed by atoms with Gasteiger partial charge in [-0.05, 0) is 37.5 Å². The topological polar surface area (TPSA) is 75.1 Å². The van der Waals surface area contributed by atoms with Crippen molar-refractivity contribution in [1.29, 1.82) is 0 Å². The lowest BCUT2D eigenvalue weighted by Gasteiger charge is -2.15. The van der Waals surface area contributed by atoms with Crippen LogP contribution in [0.15, 0.2) is 29.3 Å². The number of hydrogen-bond acceptors (Lipinski definition) is 4. The number of nitrogens with zero attached hydrogens (tertiary/aromatic N) is 1. The Hall–Kier alpha value is -1.06. The van der Waals surface area contributed by atoms with Crippen molar-refractivity contribution >= 4 is 29.9 Å². The fraction of sp³-hybridized carbons (Fsp3) is 0.632. The number of guanidine groups is 1. The van der Waals surface area contributed by atoms with Crippen molar-refractivity contribution in [1.82, 2.24) is 10.6 Å². The van der Waals surface area contributed by atoms with E-state index in [1.54, 1.807) is 7.11 Å². The van der Waals surface area contributed by atoms with Gasteiger partial charge in [0.25, 0.3) is 0 Å². The van der Waals surface area contributed by atoms with Crippen molar-refractivity contribution in [2.75, 3.05) is 33.4 Å². The van der Waals surface area contributed by atoms with Crippen molar-refractivity contribution in [3.8, 4) is 5.75 Å². The smallest absolute Gasteiger partial charge is 0.191 e. The Morgan fingerprint density at radius 1 is 1.19 bits per heavy atom. The normalized spacial score (nSPS) is 12.2. The maximum absolute atomic E-state index is 9.90. The van der Waals surface area contributed by atoms with Crippen LogP contribution in [0.25, 0.3) is 0 Å². The number of hydrogen-bond donors (Lipinski definition) is 3. The summed E-state index contributed by atoms with van der Waals surface area (Å²) in [4.78, 5) is 4.60. The second kappa shape index (κ2) is 16.1. The van der Waals surface area contributed by atoms with E-state index in [-0.39, 0.29) is 30.1 Å². The highest BCUT2D eigenvalue weighted by Gasteiger charge is 2.05. The van der Waals surface area contributed by atoms with Crippen LogP contribution in [-0.4, -0.2) is 50.6 Å². The summed E-state index contributed by atoms with van der Waals surface area (Å²) in [6.45, 7) is 7.36. The third-order valence-corrected chi connectivity index (χ3v) is 3.67. The zero-order valence-corrected chi connectivity index (χ0v) is 18.5. The standard InChI is InChI=1S/C19H33N3O3.HI/c1-4-7-17(23)15-22-19(20-12-6-13-25-5-2)21-14-16-8-10-18(24-3)11-9-16;/h8-11,17,23H,4-7,12-15H2,1-3H3,(H2,20,21,22);1H. The minimum absolute atomic E-state index is 0. The molecular formula is C19H34IN3O3. The third-order valence-electron chi connectivity index (χ3n) is 3.67. The number of aliphatic imine (C=N–C) groups is 1. The Kier molecular flexibility index (Phi) is 15.5. The number of nitrogens with one attached hydrogen (secondary N) is 2.